The minimum Gasteiger partial charge on any atom is -0.488 e. The Morgan fingerprint density at radius 2 is 1.45 bits per heavy atom. The van der Waals surface area contributed by atoms with Gasteiger partial charge in [-0.2, -0.15) is 5.26 Å². The summed E-state index contributed by atoms with van der Waals surface area (Å²) < 4.78 is 5.97. The first-order chi connectivity index (χ1) is 10.9. The fraction of sp³-hybridized carbons (Fsp3) is 0.0500. The van der Waals surface area contributed by atoms with Crippen molar-refractivity contribution < 1.29 is 4.74 Å². The third kappa shape index (κ3) is 2.99. The molecule has 0 bridgehead atoms. The number of para-hydroxylation sites is 1. The van der Waals surface area contributed by atoms with E-state index in [1.807, 2.05) is 66.7 Å². The largest absolute Gasteiger partial charge is 0.488 e. The highest BCUT2D eigenvalue weighted by molar-refractivity contribution is 5.70. The molecular formula is C20H15NO. The van der Waals surface area contributed by atoms with Crippen LogP contribution in [0.1, 0.15) is 11.1 Å². The van der Waals surface area contributed by atoms with Crippen LogP contribution in [0.3, 0.4) is 0 Å². The molecule has 0 aliphatic carbocycles. The standard InChI is InChI=1S/C20H15NO/c21-14-17-10-4-5-11-18(17)15-22-20-13-7-6-12-19(20)16-8-2-1-3-9-16/h1-13H,15H2. The number of hydrogen-bond acceptors (Lipinski definition) is 2. The zero-order valence-electron chi connectivity index (χ0n) is 12.1. The van der Waals surface area contributed by atoms with Gasteiger partial charge in [0, 0.05) is 11.1 Å². The van der Waals surface area contributed by atoms with E-state index in [2.05, 4.69) is 18.2 Å². The van der Waals surface area contributed by atoms with Crippen molar-refractivity contribution in [1.82, 2.24) is 0 Å². The van der Waals surface area contributed by atoms with Gasteiger partial charge in [-0.3, -0.25) is 0 Å². The van der Waals surface area contributed by atoms with E-state index in [1.54, 1.807) is 0 Å². The van der Waals surface area contributed by atoms with Gasteiger partial charge in [0.15, 0.2) is 0 Å². The van der Waals surface area contributed by atoms with Crippen molar-refractivity contribution in [2.45, 2.75) is 6.61 Å². The molecule has 2 nitrogen and oxygen atoms in total. The molecule has 0 fully saturated rings. The third-order valence-electron chi connectivity index (χ3n) is 3.49. The topological polar surface area (TPSA) is 33.0 Å². The lowest BCUT2D eigenvalue weighted by molar-refractivity contribution is 0.307. The van der Waals surface area contributed by atoms with Crippen molar-refractivity contribution >= 4 is 0 Å². The Morgan fingerprint density at radius 1 is 0.773 bits per heavy atom. The first-order valence-corrected chi connectivity index (χ1v) is 7.14. The van der Waals surface area contributed by atoms with E-state index >= 15 is 0 Å². The van der Waals surface area contributed by atoms with E-state index in [9.17, 15) is 0 Å². The molecule has 0 amide bonds. The van der Waals surface area contributed by atoms with Crippen molar-refractivity contribution in [2.24, 2.45) is 0 Å². The molecule has 0 N–H and O–H groups in total. The second-order valence-corrected chi connectivity index (χ2v) is 4.92. The van der Waals surface area contributed by atoms with Crippen LogP contribution in [0.4, 0.5) is 0 Å². The summed E-state index contributed by atoms with van der Waals surface area (Å²) in [5.41, 5.74) is 3.72. The first-order valence-electron chi connectivity index (χ1n) is 7.14. The van der Waals surface area contributed by atoms with E-state index in [0.717, 1.165) is 22.4 Å². The van der Waals surface area contributed by atoms with E-state index in [4.69, 9.17) is 10.00 Å². The molecule has 0 spiro atoms. The molecule has 0 heterocycles. The van der Waals surface area contributed by atoms with Crippen LogP contribution < -0.4 is 4.74 Å². The molecule has 0 unspecified atom stereocenters. The maximum atomic E-state index is 9.14. The summed E-state index contributed by atoms with van der Waals surface area (Å²) >= 11 is 0. The van der Waals surface area contributed by atoms with Crippen LogP contribution in [0.2, 0.25) is 0 Å². The molecule has 0 aliphatic rings. The average Bonchev–Trinajstić information content (AvgIpc) is 2.61. The summed E-state index contributed by atoms with van der Waals surface area (Å²) in [6, 6.07) is 27.8. The molecular weight excluding hydrogens is 270 g/mol. The van der Waals surface area contributed by atoms with E-state index in [1.165, 1.54) is 0 Å². The summed E-state index contributed by atoms with van der Waals surface area (Å²) in [6.07, 6.45) is 0. The fourth-order valence-electron chi connectivity index (χ4n) is 2.36. The SMILES string of the molecule is N#Cc1ccccc1COc1ccccc1-c1ccccc1. The van der Waals surface area contributed by atoms with Gasteiger partial charge in [-0.15, -0.1) is 0 Å². The predicted octanol–water partition coefficient (Wildman–Crippen LogP) is 4.80. The molecule has 0 aliphatic heterocycles. The Labute approximate surface area is 130 Å². The fourth-order valence-corrected chi connectivity index (χ4v) is 2.36. The number of ether oxygens (including phenoxy) is 1. The van der Waals surface area contributed by atoms with Crippen molar-refractivity contribution in [3.8, 4) is 22.9 Å². The lowest BCUT2D eigenvalue weighted by Gasteiger charge is -2.12. The highest BCUT2D eigenvalue weighted by atomic mass is 16.5. The summed E-state index contributed by atoms with van der Waals surface area (Å²) in [4.78, 5) is 0. The summed E-state index contributed by atoms with van der Waals surface area (Å²) in [5.74, 6) is 0.821. The van der Waals surface area contributed by atoms with Gasteiger partial charge in [0.1, 0.15) is 12.4 Å². The third-order valence-corrected chi connectivity index (χ3v) is 3.49. The smallest absolute Gasteiger partial charge is 0.127 e. The van der Waals surface area contributed by atoms with Gasteiger partial charge in [-0.1, -0.05) is 66.7 Å². The predicted molar refractivity (Wildman–Crippen MR) is 87.4 cm³/mol. The van der Waals surface area contributed by atoms with Crippen molar-refractivity contribution in [3.05, 3.63) is 90.0 Å². The molecule has 106 valence electrons. The van der Waals surface area contributed by atoms with Gasteiger partial charge in [-0.05, 0) is 17.7 Å². The number of nitrogens with zero attached hydrogens (tertiary/aromatic N) is 1. The molecule has 0 atom stereocenters. The van der Waals surface area contributed by atoms with Gasteiger partial charge in [0.25, 0.3) is 0 Å². The highest BCUT2D eigenvalue weighted by Gasteiger charge is 2.07. The zero-order valence-corrected chi connectivity index (χ0v) is 12.1. The lowest BCUT2D eigenvalue weighted by Crippen LogP contribution is -1.99. The van der Waals surface area contributed by atoms with Crippen molar-refractivity contribution in [1.29, 1.82) is 5.26 Å². The first kappa shape index (κ1) is 13.9. The monoisotopic (exact) mass is 285 g/mol. The molecule has 22 heavy (non-hydrogen) atoms. The van der Waals surface area contributed by atoms with E-state index in [-0.39, 0.29) is 0 Å². The molecule has 3 rings (SSSR count). The number of nitriles is 1. The second kappa shape index (κ2) is 6.60. The molecule has 3 aromatic rings. The number of benzene rings is 3. The number of rotatable bonds is 4. The highest BCUT2D eigenvalue weighted by Crippen LogP contribution is 2.30. The Balaban J connectivity index is 1.86. The maximum Gasteiger partial charge on any atom is 0.127 e. The zero-order chi connectivity index (χ0) is 15.2. The molecule has 0 saturated heterocycles. The molecule has 0 saturated carbocycles. The van der Waals surface area contributed by atoms with Gasteiger partial charge < -0.3 is 4.74 Å². The van der Waals surface area contributed by atoms with Crippen LogP contribution in [0, 0.1) is 11.3 Å². The molecule has 0 radical (unpaired) electrons. The Kier molecular flexibility index (Phi) is 4.17. The molecule has 3 aromatic carbocycles. The van der Waals surface area contributed by atoms with E-state index < -0.39 is 0 Å². The minimum atomic E-state index is 0.383. The van der Waals surface area contributed by atoms with Crippen LogP contribution in [0.5, 0.6) is 5.75 Å². The van der Waals surface area contributed by atoms with E-state index in [0.29, 0.717) is 12.2 Å². The van der Waals surface area contributed by atoms with Gasteiger partial charge in [0.05, 0.1) is 11.6 Å². The molecule has 2 heteroatoms. The van der Waals surface area contributed by atoms with Crippen LogP contribution in [-0.2, 0) is 6.61 Å². The second-order valence-electron chi connectivity index (χ2n) is 4.92. The summed E-state index contributed by atoms with van der Waals surface area (Å²) in [7, 11) is 0. The van der Waals surface area contributed by atoms with Gasteiger partial charge in [0.2, 0.25) is 0 Å². The average molecular weight is 285 g/mol. The minimum absolute atomic E-state index is 0.383. The van der Waals surface area contributed by atoms with Crippen molar-refractivity contribution in [3.63, 3.8) is 0 Å². The number of hydrogen-bond donors (Lipinski definition) is 0. The van der Waals surface area contributed by atoms with Gasteiger partial charge in [-0.25, -0.2) is 0 Å². The summed E-state index contributed by atoms with van der Waals surface area (Å²) in [5, 5.41) is 9.14. The van der Waals surface area contributed by atoms with Crippen molar-refractivity contribution in [2.75, 3.05) is 0 Å². The van der Waals surface area contributed by atoms with Crippen LogP contribution >= 0.6 is 0 Å². The van der Waals surface area contributed by atoms with Gasteiger partial charge >= 0.3 is 0 Å². The normalized spacial score (nSPS) is 9.95. The molecule has 0 aromatic heterocycles. The van der Waals surface area contributed by atoms with Crippen LogP contribution in [0.25, 0.3) is 11.1 Å². The Bertz CT molecular complexity index is 803. The Hall–Kier alpha value is -3.05. The lowest BCUT2D eigenvalue weighted by atomic mass is 10.0. The van der Waals surface area contributed by atoms with Crippen LogP contribution in [-0.4, -0.2) is 0 Å². The maximum absolute atomic E-state index is 9.14. The Morgan fingerprint density at radius 3 is 2.27 bits per heavy atom. The van der Waals surface area contributed by atoms with Crippen LogP contribution in [0.15, 0.2) is 78.9 Å². The summed E-state index contributed by atoms with van der Waals surface area (Å²) in [6.45, 7) is 0.383. The quantitative estimate of drug-likeness (QED) is 0.689.